The van der Waals surface area contributed by atoms with Crippen LogP contribution in [0.3, 0.4) is 0 Å². The van der Waals surface area contributed by atoms with Crippen LogP contribution < -0.4 is 16.6 Å². The maximum atomic E-state index is 11.6. The van der Waals surface area contributed by atoms with Crippen molar-refractivity contribution in [3.05, 3.63) is 33.1 Å². The van der Waals surface area contributed by atoms with Crippen LogP contribution in [0, 0.1) is 0 Å². The van der Waals surface area contributed by atoms with Gasteiger partial charge < -0.3 is 14.8 Å². The van der Waals surface area contributed by atoms with Gasteiger partial charge in [-0.1, -0.05) is 0 Å². The van der Waals surface area contributed by atoms with Crippen molar-refractivity contribution >= 4 is 0 Å². The molecule has 0 radical (unpaired) electrons. The lowest BCUT2D eigenvalue weighted by molar-refractivity contribution is -0.102. The quantitative estimate of drug-likeness (QED) is 0.685. The van der Waals surface area contributed by atoms with Crippen LogP contribution in [0.4, 0.5) is 0 Å². The molecule has 1 saturated heterocycles. The molecule has 94 valence electrons. The van der Waals surface area contributed by atoms with Crippen LogP contribution in [0.15, 0.2) is 21.9 Å². The smallest absolute Gasteiger partial charge is 0.330 e. The molecule has 0 aliphatic carbocycles. The molecular formula is C10H15N3O4. The van der Waals surface area contributed by atoms with Gasteiger partial charge in [-0.15, -0.1) is 0 Å². The third kappa shape index (κ3) is 2.82. The van der Waals surface area contributed by atoms with Gasteiger partial charge in [0.1, 0.15) is 0 Å². The number of aromatic amines is 1. The zero-order valence-corrected chi connectivity index (χ0v) is 9.51. The molecule has 0 aromatic carbocycles. The van der Waals surface area contributed by atoms with Crippen molar-refractivity contribution in [3.63, 3.8) is 0 Å². The van der Waals surface area contributed by atoms with Crippen LogP contribution in [0.2, 0.25) is 0 Å². The number of nitrogens with one attached hydrogen (secondary N) is 2. The molecule has 17 heavy (non-hydrogen) atoms. The lowest BCUT2D eigenvalue weighted by atomic mass is 10.3. The maximum absolute atomic E-state index is 11.6. The Hall–Kier alpha value is -1.44. The first-order valence-electron chi connectivity index (χ1n) is 5.37. The Labute approximate surface area is 97.4 Å². The lowest BCUT2D eigenvalue weighted by Gasteiger charge is -2.31. The molecule has 0 amide bonds. The van der Waals surface area contributed by atoms with E-state index >= 15 is 0 Å². The molecule has 1 aromatic heterocycles. The van der Waals surface area contributed by atoms with Crippen molar-refractivity contribution in [2.24, 2.45) is 0 Å². The van der Waals surface area contributed by atoms with Crippen molar-refractivity contribution in [3.8, 4) is 0 Å². The van der Waals surface area contributed by atoms with Gasteiger partial charge in [0.25, 0.3) is 5.56 Å². The fourth-order valence-electron chi connectivity index (χ4n) is 1.79. The van der Waals surface area contributed by atoms with E-state index in [4.69, 9.17) is 9.47 Å². The highest BCUT2D eigenvalue weighted by molar-refractivity contribution is 4.86. The first-order valence-corrected chi connectivity index (χ1v) is 5.37. The number of H-pyrrole nitrogens is 1. The van der Waals surface area contributed by atoms with Gasteiger partial charge in [-0.2, -0.15) is 0 Å². The summed E-state index contributed by atoms with van der Waals surface area (Å²) in [5.74, 6) is 0. The zero-order chi connectivity index (χ0) is 12.3. The number of hydrogen-bond acceptors (Lipinski definition) is 5. The summed E-state index contributed by atoms with van der Waals surface area (Å²) in [6, 6.07) is 1.30. The van der Waals surface area contributed by atoms with Crippen molar-refractivity contribution < 1.29 is 9.47 Å². The standard InChI is InChI=1S/C10H15N3O4/c1-16-6-7-4-11-5-9(17-7)13-3-2-8(14)12-10(13)15/h2-3,7,9,11H,4-6H2,1H3,(H,12,14,15). The van der Waals surface area contributed by atoms with Gasteiger partial charge in [-0.05, 0) is 0 Å². The Morgan fingerprint density at radius 2 is 2.35 bits per heavy atom. The Morgan fingerprint density at radius 1 is 1.53 bits per heavy atom. The molecule has 1 aromatic rings. The third-order valence-corrected chi connectivity index (χ3v) is 2.55. The van der Waals surface area contributed by atoms with E-state index in [2.05, 4.69) is 10.3 Å². The second-order valence-electron chi connectivity index (χ2n) is 3.84. The first-order chi connectivity index (χ1) is 8.20. The number of rotatable bonds is 3. The van der Waals surface area contributed by atoms with Crippen LogP contribution in [0.25, 0.3) is 0 Å². The normalized spacial score (nSPS) is 24.8. The van der Waals surface area contributed by atoms with Crippen molar-refractivity contribution in [2.75, 3.05) is 26.8 Å². The van der Waals surface area contributed by atoms with E-state index in [-0.39, 0.29) is 6.10 Å². The Balaban J connectivity index is 2.16. The van der Waals surface area contributed by atoms with E-state index in [0.29, 0.717) is 19.7 Å². The average molecular weight is 241 g/mol. The average Bonchev–Trinajstić information content (AvgIpc) is 2.29. The van der Waals surface area contributed by atoms with Crippen molar-refractivity contribution in [1.82, 2.24) is 14.9 Å². The van der Waals surface area contributed by atoms with E-state index in [0.717, 1.165) is 0 Å². The summed E-state index contributed by atoms with van der Waals surface area (Å²) < 4.78 is 12.0. The van der Waals surface area contributed by atoms with Crippen LogP contribution >= 0.6 is 0 Å². The van der Waals surface area contributed by atoms with Gasteiger partial charge in [-0.25, -0.2) is 4.79 Å². The zero-order valence-electron chi connectivity index (χ0n) is 9.51. The van der Waals surface area contributed by atoms with Crippen LogP contribution in [0.5, 0.6) is 0 Å². The molecule has 1 fully saturated rings. The predicted octanol–water partition coefficient (Wildman–Crippen LogP) is -1.33. The van der Waals surface area contributed by atoms with Gasteiger partial charge in [0.15, 0.2) is 6.23 Å². The Morgan fingerprint density at radius 3 is 3.06 bits per heavy atom. The minimum absolute atomic E-state index is 0.0995. The van der Waals surface area contributed by atoms with Gasteiger partial charge in [0, 0.05) is 32.5 Å². The molecule has 2 rings (SSSR count). The summed E-state index contributed by atoms with van der Waals surface area (Å²) in [5, 5.41) is 3.15. The molecule has 2 atom stereocenters. The molecule has 0 spiro atoms. The van der Waals surface area contributed by atoms with Crippen molar-refractivity contribution in [2.45, 2.75) is 12.3 Å². The van der Waals surface area contributed by atoms with Gasteiger partial charge in [-0.3, -0.25) is 14.3 Å². The lowest BCUT2D eigenvalue weighted by Crippen LogP contribution is -2.47. The third-order valence-electron chi connectivity index (χ3n) is 2.55. The summed E-state index contributed by atoms with van der Waals surface area (Å²) in [5.41, 5.74) is -0.883. The maximum Gasteiger partial charge on any atom is 0.330 e. The number of aromatic nitrogens is 2. The molecule has 1 aliphatic heterocycles. The minimum atomic E-state index is -0.470. The van der Waals surface area contributed by atoms with Gasteiger partial charge in [0.05, 0.1) is 12.7 Å². The number of nitrogens with zero attached hydrogens (tertiary/aromatic N) is 1. The Bertz CT molecular complexity index is 479. The highest BCUT2D eigenvalue weighted by Gasteiger charge is 2.23. The van der Waals surface area contributed by atoms with Gasteiger partial charge in [0.2, 0.25) is 0 Å². The monoisotopic (exact) mass is 241 g/mol. The minimum Gasteiger partial charge on any atom is -0.382 e. The van der Waals surface area contributed by atoms with Crippen LogP contribution in [0.1, 0.15) is 6.23 Å². The number of ether oxygens (including phenoxy) is 2. The molecule has 1 aliphatic rings. The second-order valence-corrected chi connectivity index (χ2v) is 3.84. The van der Waals surface area contributed by atoms with Gasteiger partial charge >= 0.3 is 5.69 Å². The topological polar surface area (TPSA) is 85.4 Å². The summed E-state index contributed by atoms with van der Waals surface area (Å²) in [6.07, 6.45) is 0.911. The molecule has 2 heterocycles. The summed E-state index contributed by atoms with van der Waals surface area (Å²) in [7, 11) is 1.60. The van der Waals surface area contributed by atoms with E-state index in [1.807, 2.05) is 0 Å². The summed E-state index contributed by atoms with van der Waals surface area (Å²) in [6.45, 7) is 1.66. The second kappa shape index (κ2) is 5.26. The van der Waals surface area contributed by atoms with E-state index in [9.17, 15) is 9.59 Å². The fraction of sp³-hybridized carbons (Fsp3) is 0.600. The van der Waals surface area contributed by atoms with Crippen molar-refractivity contribution in [1.29, 1.82) is 0 Å². The van der Waals surface area contributed by atoms with E-state index in [1.54, 1.807) is 7.11 Å². The molecule has 0 bridgehead atoms. The van der Waals surface area contributed by atoms with Crippen LogP contribution in [-0.4, -0.2) is 42.5 Å². The van der Waals surface area contributed by atoms with Crippen LogP contribution in [-0.2, 0) is 9.47 Å². The number of methoxy groups -OCH3 is 1. The number of morpholine rings is 1. The highest BCUT2D eigenvalue weighted by Crippen LogP contribution is 2.12. The SMILES string of the molecule is COCC1CNCC(n2ccc(=O)[nH]c2=O)O1. The fourth-order valence-corrected chi connectivity index (χ4v) is 1.79. The summed E-state index contributed by atoms with van der Waals surface area (Å²) in [4.78, 5) is 24.7. The Kier molecular flexibility index (Phi) is 3.72. The van der Waals surface area contributed by atoms with E-state index < -0.39 is 17.5 Å². The molecule has 0 saturated carbocycles. The molecular weight excluding hydrogens is 226 g/mol. The molecule has 7 nitrogen and oxygen atoms in total. The largest absolute Gasteiger partial charge is 0.382 e. The van der Waals surface area contributed by atoms with E-state index in [1.165, 1.54) is 16.8 Å². The summed E-state index contributed by atoms with van der Waals surface area (Å²) >= 11 is 0. The molecule has 2 N–H and O–H groups in total. The molecule has 2 unspecified atom stereocenters. The predicted molar refractivity (Wildman–Crippen MR) is 60.0 cm³/mol. The molecule has 7 heteroatoms. The number of hydrogen-bond donors (Lipinski definition) is 2. The first kappa shape index (κ1) is 12.0. The highest BCUT2D eigenvalue weighted by atomic mass is 16.5.